The summed E-state index contributed by atoms with van der Waals surface area (Å²) >= 11 is 0. The van der Waals surface area contributed by atoms with Crippen molar-refractivity contribution in [2.24, 2.45) is 0 Å². The van der Waals surface area contributed by atoms with Crippen LogP contribution < -0.4 is 5.32 Å². The Hall–Kier alpha value is -1.80. The lowest BCUT2D eigenvalue weighted by Gasteiger charge is -2.30. The Kier molecular flexibility index (Phi) is 3.45. The lowest BCUT2D eigenvalue weighted by Crippen LogP contribution is -2.48. The van der Waals surface area contributed by atoms with Gasteiger partial charge in [-0.05, 0) is 19.1 Å². The number of nitriles is 1. The van der Waals surface area contributed by atoms with Gasteiger partial charge in [-0.25, -0.2) is 0 Å². The molecule has 1 atom stereocenters. The highest BCUT2D eigenvalue weighted by Crippen LogP contribution is 2.14. The number of piperazine rings is 1. The maximum atomic E-state index is 12.2. The van der Waals surface area contributed by atoms with E-state index in [0.29, 0.717) is 5.69 Å². The fourth-order valence-corrected chi connectivity index (χ4v) is 2.09. The third kappa shape index (κ3) is 2.32. The van der Waals surface area contributed by atoms with Gasteiger partial charge in [0.25, 0.3) is 0 Å². The molecule has 1 N–H and O–H groups in total. The molecule has 0 radical (unpaired) electrons. The molecule has 0 aromatic carbocycles. The Balaban J connectivity index is 2.11. The first-order chi connectivity index (χ1) is 8.24. The van der Waals surface area contributed by atoms with E-state index in [4.69, 9.17) is 5.26 Å². The molecule has 0 saturated carbocycles. The van der Waals surface area contributed by atoms with Gasteiger partial charge in [-0.1, -0.05) is 0 Å². The highest BCUT2D eigenvalue weighted by molar-refractivity contribution is 5.80. The highest BCUT2D eigenvalue weighted by atomic mass is 16.2. The van der Waals surface area contributed by atoms with E-state index in [1.165, 1.54) is 0 Å². The van der Waals surface area contributed by atoms with Gasteiger partial charge in [0.15, 0.2) is 0 Å². The number of amides is 1. The molecular weight excluding hydrogens is 216 g/mol. The van der Waals surface area contributed by atoms with E-state index in [1.54, 1.807) is 22.9 Å². The van der Waals surface area contributed by atoms with Crippen molar-refractivity contribution in [3.63, 3.8) is 0 Å². The fraction of sp³-hybridized carbons (Fsp3) is 0.500. The monoisotopic (exact) mass is 232 g/mol. The minimum Gasteiger partial charge on any atom is -0.338 e. The summed E-state index contributed by atoms with van der Waals surface area (Å²) in [6.07, 6.45) is 1.78. The van der Waals surface area contributed by atoms with Crippen LogP contribution in [-0.4, -0.2) is 41.6 Å². The van der Waals surface area contributed by atoms with Crippen LogP contribution in [-0.2, 0) is 4.79 Å². The number of carbonyl (C=O) groups excluding carboxylic acids is 1. The summed E-state index contributed by atoms with van der Waals surface area (Å²) in [5.41, 5.74) is 0.529. The number of hydrogen-bond donors (Lipinski definition) is 1. The Bertz CT molecular complexity index is 440. The Labute approximate surface area is 101 Å². The van der Waals surface area contributed by atoms with E-state index < -0.39 is 0 Å². The predicted octanol–water partition coefficient (Wildman–Crippen LogP) is 0.353. The number of rotatable bonds is 2. The summed E-state index contributed by atoms with van der Waals surface area (Å²) in [6, 6.07) is 5.30. The summed E-state index contributed by atoms with van der Waals surface area (Å²) in [6.45, 7) is 5.01. The van der Waals surface area contributed by atoms with E-state index >= 15 is 0 Å². The molecule has 1 aromatic rings. The number of aromatic nitrogens is 1. The molecule has 0 bridgehead atoms. The predicted molar refractivity (Wildman–Crippen MR) is 63.3 cm³/mol. The van der Waals surface area contributed by atoms with E-state index in [0.717, 1.165) is 26.2 Å². The van der Waals surface area contributed by atoms with Crippen molar-refractivity contribution in [3.8, 4) is 6.07 Å². The second-order valence-electron chi connectivity index (χ2n) is 4.16. The van der Waals surface area contributed by atoms with Gasteiger partial charge >= 0.3 is 0 Å². The van der Waals surface area contributed by atoms with Gasteiger partial charge in [-0.15, -0.1) is 0 Å². The number of nitrogens with zero attached hydrogens (tertiary/aromatic N) is 3. The van der Waals surface area contributed by atoms with Crippen LogP contribution in [0.4, 0.5) is 0 Å². The van der Waals surface area contributed by atoms with E-state index in [2.05, 4.69) is 11.4 Å². The van der Waals surface area contributed by atoms with E-state index in [1.807, 2.05) is 11.8 Å². The maximum Gasteiger partial charge on any atom is 0.245 e. The molecule has 1 saturated heterocycles. The molecule has 5 nitrogen and oxygen atoms in total. The average molecular weight is 232 g/mol. The van der Waals surface area contributed by atoms with Crippen molar-refractivity contribution >= 4 is 5.91 Å². The van der Waals surface area contributed by atoms with Gasteiger partial charge in [0.05, 0.1) is 0 Å². The lowest BCUT2D eigenvalue weighted by molar-refractivity contribution is -0.134. The molecule has 2 rings (SSSR count). The minimum atomic E-state index is -0.308. The van der Waals surface area contributed by atoms with Crippen molar-refractivity contribution < 1.29 is 4.79 Å². The summed E-state index contributed by atoms with van der Waals surface area (Å²) in [5, 5.41) is 12.2. The van der Waals surface area contributed by atoms with Gasteiger partial charge < -0.3 is 14.8 Å². The molecule has 1 aliphatic heterocycles. The zero-order valence-electron chi connectivity index (χ0n) is 9.89. The third-order valence-electron chi connectivity index (χ3n) is 3.10. The van der Waals surface area contributed by atoms with Gasteiger partial charge in [0.1, 0.15) is 17.8 Å². The molecule has 5 heteroatoms. The first-order valence-electron chi connectivity index (χ1n) is 5.80. The number of hydrogen-bond acceptors (Lipinski definition) is 3. The minimum absolute atomic E-state index is 0.0826. The zero-order chi connectivity index (χ0) is 12.3. The fourth-order valence-electron chi connectivity index (χ4n) is 2.09. The molecule has 2 heterocycles. The molecule has 0 spiro atoms. The van der Waals surface area contributed by atoms with Crippen molar-refractivity contribution in [2.45, 2.75) is 13.0 Å². The van der Waals surface area contributed by atoms with Gasteiger partial charge in [0.2, 0.25) is 5.91 Å². The molecule has 1 fully saturated rings. The van der Waals surface area contributed by atoms with Crippen LogP contribution in [0.25, 0.3) is 0 Å². The topological polar surface area (TPSA) is 61.1 Å². The molecule has 1 aromatic heterocycles. The van der Waals surface area contributed by atoms with Crippen molar-refractivity contribution in [1.29, 1.82) is 5.26 Å². The largest absolute Gasteiger partial charge is 0.338 e. The van der Waals surface area contributed by atoms with Crippen LogP contribution in [0, 0.1) is 11.3 Å². The normalized spacial score (nSPS) is 17.5. The summed E-state index contributed by atoms with van der Waals surface area (Å²) in [4.78, 5) is 14.1. The van der Waals surface area contributed by atoms with Crippen LogP contribution in [0.3, 0.4) is 0 Å². The quantitative estimate of drug-likeness (QED) is 0.800. The molecular formula is C12H16N4O. The summed E-state index contributed by atoms with van der Waals surface area (Å²) in [7, 11) is 0. The van der Waals surface area contributed by atoms with Crippen molar-refractivity contribution in [2.75, 3.05) is 26.2 Å². The van der Waals surface area contributed by atoms with Crippen molar-refractivity contribution in [1.82, 2.24) is 14.8 Å². The molecule has 90 valence electrons. The van der Waals surface area contributed by atoms with Crippen LogP contribution in [0.2, 0.25) is 0 Å². The Morgan fingerprint density at radius 1 is 1.53 bits per heavy atom. The summed E-state index contributed by atoms with van der Waals surface area (Å²) in [5.74, 6) is 0.0826. The van der Waals surface area contributed by atoms with E-state index in [-0.39, 0.29) is 11.9 Å². The third-order valence-corrected chi connectivity index (χ3v) is 3.10. The Morgan fingerprint density at radius 3 is 2.88 bits per heavy atom. The maximum absolute atomic E-state index is 12.2. The molecule has 1 amide bonds. The number of carbonyl (C=O) groups is 1. The van der Waals surface area contributed by atoms with Gasteiger partial charge in [-0.3, -0.25) is 4.79 Å². The van der Waals surface area contributed by atoms with Gasteiger partial charge in [0, 0.05) is 32.4 Å². The first-order valence-corrected chi connectivity index (χ1v) is 5.80. The lowest BCUT2D eigenvalue weighted by atomic mass is 10.2. The van der Waals surface area contributed by atoms with Crippen molar-refractivity contribution in [3.05, 3.63) is 24.0 Å². The van der Waals surface area contributed by atoms with Crippen LogP contribution in [0.15, 0.2) is 18.3 Å². The second kappa shape index (κ2) is 5.02. The first kappa shape index (κ1) is 11.7. The van der Waals surface area contributed by atoms with E-state index in [9.17, 15) is 4.79 Å². The molecule has 1 unspecified atom stereocenters. The summed E-state index contributed by atoms with van der Waals surface area (Å²) < 4.78 is 1.73. The van der Waals surface area contributed by atoms with Crippen LogP contribution in [0.1, 0.15) is 18.7 Å². The smallest absolute Gasteiger partial charge is 0.245 e. The molecule has 1 aliphatic rings. The average Bonchev–Trinajstić information content (AvgIpc) is 2.86. The second-order valence-corrected chi connectivity index (χ2v) is 4.16. The Morgan fingerprint density at radius 2 is 2.24 bits per heavy atom. The highest BCUT2D eigenvalue weighted by Gasteiger charge is 2.23. The zero-order valence-corrected chi connectivity index (χ0v) is 9.89. The number of nitrogens with one attached hydrogen (secondary N) is 1. The van der Waals surface area contributed by atoms with Gasteiger partial charge in [-0.2, -0.15) is 5.26 Å². The molecule has 17 heavy (non-hydrogen) atoms. The van der Waals surface area contributed by atoms with Crippen LogP contribution >= 0.6 is 0 Å². The SMILES string of the molecule is CC(C(=O)N1CCNCC1)n1cccc1C#N. The molecule has 0 aliphatic carbocycles. The standard InChI is InChI=1S/C12H16N4O/c1-10(16-6-2-3-11(16)9-13)12(17)15-7-4-14-5-8-15/h2-3,6,10,14H,4-5,7-8H2,1H3. The van der Waals surface area contributed by atoms with Crippen LogP contribution in [0.5, 0.6) is 0 Å².